The van der Waals surface area contributed by atoms with Crippen LogP contribution < -0.4 is 5.32 Å². The van der Waals surface area contributed by atoms with Crippen LogP contribution in [-0.2, 0) is 0 Å². The first-order valence-electron chi connectivity index (χ1n) is 9.70. The van der Waals surface area contributed by atoms with Gasteiger partial charge in [-0.2, -0.15) is 5.10 Å². The summed E-state index contributed by atoms with van der Waals surface area (Å²) in [5.41, 5.74) is 4.04. The molecule has 1 fully saturated rings. The summed E-state index contributed by atoms with van der Waals surface area (Å²) >= 11 is 0. The van der Waals surface area contributed by atoms with Crippen molar-refractivity contribution in [1.82, 2.24) is 24.5 Å². The molecule has 1 aliphatic heterocycles. The molecule has 144 valence electrons. The minimum atomic E-state index is 0.0284. The number of nitrogens with zero attached hydrogens (tertiary/aromatic N) is 5. The molecule has 4 heterocycles. The Balaban J connectivity index is 1.44. The molecule has 0 saturated carbocycles. The number of fused-ring (bicyclic) bond motifs is 1. The van der Waals surface area contributed by atoms with Crippen molar-refractivity contribution in [2.75, 3.05) is 18.4 Å². The maximum Gasteiger partial charge on any atom is 0.257 e. The highest BCUT2D eigenvalue weighted by Crippen LogP contribution is 2.26. The zero-order chi connectivity index (χ0) is 19.6. The van der Waals surface area contributed by atoms with Gasteiger partial charge in [0.1, 0.15) is 5.82 Å². The largest absolute Gasteiger partial charge is 0.340 e. The van der Waals surface area contributed by atoms with Crippen molar-refractivity contribution in [1.29, 1.82) is 0 Å². The lowest BCUT2D eigenvalue weighted by Gasteiger charge is -2.17. The minimum Gasteiger partial charge on any atom is -0.340 e. The third kappa shape index (κ3) is 3.42. The zero-order valence-corrected chi connectivity index (χ0v) is 15.8. The average molecular weight is 384 g/mol. The Bertz CT molecular complexity index is 1150. The Morgan fingerprint density at radius 1 is 1.00 bits per heavy atom. The van der Waals surface area contributed by atoms with Gasteiger partial charge in [-0.15, -0.1) is 0 Å². The van der Waals surface area contributed by atoms with Crippen LogP contribution in [0.5, 0.6) is 0 Å². The van der Waals surface area contributed by atoms with E-state index in [-0.39, 0.29) is 5.91 Å². The number of aromatic nitrogens is 4. The molecule has 29 heavy (non-hydrogen) atoms. The van der Waals surface area contributed by atoms with Crippen molar-refractivity contribution in [3.63, 3.8) is 0 Å². The second kappa shape index (κ2) is 7.35. The van der Waals surface area contributed by atoms with Crippen LogP contribution in [0.4, 0.5) is 11.5 Å². The second-order valence-corrected chi connectivity index (χ2v) is 7.06. The molecule has 3 aromatic heterocycles. The number of imidazole rings is 1. The van der Waals surface area contributed by atoms with Crippen molar-refractivity contribution in [2.24, 2.45) is 0 Å². The standard InChI is InChI=1S/C22H20N6O/c29-22(27-12-1-2-13-27)18-8-4-10-23-21(18)25-17-7-3-6-16(14-17)19-15-28-20(26-19)9-5-11-24-28/h3-11,14-15H,1-2,12-13H2,(H,23,25). The molecule has 5 rings (SSSR count). The van der Waals surface area contributed by atoms with Gasteiger partial charge in [-0.3, -0.25) is 4.79 Å². The molecule has 1 N–H and O–H groups in total. The summed E-state index contributed by atoms with van der Waals surface area (Å²) < 4.78 is 1.75. The molecule has 0 spiro atoms. The van der Waals surface area contributed by atoms with E-state index in [1.54, 1.807) is 23.0 Å². The van der Waals surface area contributed by atoms with E-state index in [0.29, 0.717) is 11.4 Å². The number of hydrogen-bond acceptors (Lipinski definition) is 5. The first-order valence-corrected chi connectivity index (χ1v) is 9.70. The summed E-state index contributed by atoms with van der Waals surface area (Å²) in [5, 5.41) is 7.58. The lowest BCUT2D eigenvalue weighted by molar-refractivity contribution is 0.0793. The van der Waals surface area contributed by atoms with Gasteiger partial charge in [-0.25, -0.2) is 14.5 Å². The van der Waals surface area contributed by atoms with Gasteiger partial charge in [0.15, 0.2) is 5.65 Å². The van der Waals surface area contributed by atoms with Crippen molar-refractivity contribution in [3.05, 3.63) is 72.7 Å². The van der Waals surface area contributed by atoms with Gasteiger partial charge < -0.3 is 10.2 Å². The smallest absolute Gasteiger partial charge is 0.257 e. The molecule has 0 atom stereocenters. The summed E-state index contributed by atoms with van der Waals surface area (Å²) in [4.78, 5) is 23.8. The maximum atomic E-state index is 12.9. The van der Waals surface area contributed by atoms with Crippen molar-refractivity contribution in [3.8, 4) is 11.3 Å². The van der Waals surface area contributed by atoms with Crippen LogP contribution in [0, 0.1) is 0 Å². The number of anilines is 2. The van der Waals surface area contributed by atoms with Gasteiger partial charge in [0.05, 0.1) is 17.5 Å². The van der Waals surface area contributed by atoms with Gasteiger partial charge in [-0.05, 0) is 49.2 Å². The molecule has 7 nitrogen and oxygen atoms in total. The van der Waals surface area contributed by atoms with E-state index in [2.05, 4.69) is 20.4 Å². The van der Waals surface area contributed by atoms with E-state index in [1.807, 2.05) is 53.6 Å². The third-order valence-corrected chi connectivity index (χ3v) is 5.09. The summed E-state index contributed by atoms with van der Waals surface area (Å²) in [5.74, 6) is 0.596. The number of nitrogens with one attached hydrogen (secondary N) is 1. The molecular formula is C22H20N6O. The molecule has 0 bridgehead atoms. The quantitative estimate of drug-likeness (QED) is 0.580. The van der Waals surface area contributed by atoms with E-state index < -0.39 is 0 Å². The molecule has 1 saturated heterocycles. The Morgan fingerprint density at radius 3 is 2.72 bits per heavy atom. The highest BCUT2D eigenvalue weighted by Gasteiger charge is 2.22. The lowest BCUT2D eigenvalue weighted by Crippen LogP contribution is -2.28. The first kappa shape index (κ1) is 17.4. The van der Waals surface area contributed by atoms with E-state index in [0.717, 1.165) is 48.5 Å². The Kier molecular flexibility index (Phi) is 4.40. The fourth-order valence-electron chi connectivity index (χ4n) is 3.63. The number of amides is 1. The number of pyridine rings is 1. The molecule has 0 aliphatic carbocycles. The van der Waals surface area contributed by atoms with E-state index in [4.69, 9.17) is 0 Å². The average Bonchev–Trinajstić information content (AvgIpc) is 3.44. The summed E-state index contributed by atoms with van der Waals surface area (Å²) in [7, 11) is 0. The number of carbonyl (C=O) groups is 1. The van der Waals surface area contributed by atoms with Crippen LogP contribution in [0.15, 0.2) is 67.1 Å². The molecule has 7 heteroatoms. The second-order valence-electron chi connectivity index (χ2n) is 7.06. The zero-order valence-electron chi connectivity index (χ0n) is 15.8. The molecule has 1 aromatic carbocycles. The fourth-order valence-corrected chi connectivity index (χ4v) is 3.63. The van der Waals surface area contributed by atoms with Crippen LogP contribution in [0.3, 0.4) is 0 Å². The van der Waals surface area contributed by atoms with Crippen molar-refractivity contribution < 1.29 is 4.79 Å². The molecule has 0 unspecified atom stereocenters. The summed E-state index contributed by atoms with van der Waals surface area (Å²) in [6.07, 6.45) is 7.45. The summed E-state index contributed by atoms with van der Waals surface area (Å²) in [6, 6.07) is 15.3. The number of benzene rings is 1. The lowest BCUT2D eigenvalue weighted by atomic mass is 10.1. The third-order valence-electron chi connectivity index (χ3n) is 5.09. The molecule has 0 radical (unpaired) electrons. The maximum absolute atomic E-state index is 12.9. The topological polar surface area (TPSA) is 75.4 Å². The van der Waals surface area contributed by atoms with Crippen LogP contribution >= 0.6 is 0 Å². The normalized spacial score (nSPS) is 13.7. The number of carbonyl (C=O) groups excluding carboxylic acids is 1. The predicted molar refractivity (Wildman–Crippen MR) is 111 cm³/mol. The molecule has 1 aliphatic rings. The van der Waals surface area contributed by atoms with Gasteiger partial charge in [0.25, 0.3) is 5.91 Å². The molecule has 1 amide bonds. The highest BCUT2D eigenvalue weighted by atomic mass is 16.2. The Hall–Kier alpha value is -3.74. The van der Waals surface area contributed by atoms with Gasteiger partial charge in [-0.1, -0.05) is 12.1 Å². The summed E-state index contributed by atoms with van der Waals surface area (Å²) in [6.45, 7) is 1.62. The van der Waals surface area contributed by atoms with E-state index in [9.17, 15) is 4.79 Å². The first-order chi connectivity index (χ1) is 14.3. The SMILES string of the molecule is O=C(c1cccnc1Nc1cccc(-c2cn3ncccc3n2)c1)N1CCCC1. The number of likely N-dealkylation sites (tertiary alicyclic amines) is 1. The van der Waals surface area contributed by atoms with Crippen LogP contribution in [0.1, 0.15) is 23.2 Å². The monoisotopic (exact) mass is 384 g/mol. The molecule has 4 aromatic rings. The Morgan fingerprint density at radius 2 is 1.86 bits per heavy atom. The predicted octanol–water partition coefficient (Wildman–Crippen LogP) is 3.77. The van der Waals surface area contributed by atoms with Gasteiger partial charge >= 0.3 is 0 Å². The van der Waals surface area contributed by atoms with Crippen molar-refractivity contribution in [2.45, 2.75) is 12.8 Å². The van der Waals surface area contributed by atoms with Gasteiger partial charge in [0, 0.05) is 36.7 Å². The highest BCUT2D eigenvalue weighted by molar-refractivity contribution is 5.99. The minimum absolute atomic E-state index is 0.0284. The van der Waals surface area contributed by atoms with E-state index in [1.165, 1.54) is 0 Å². The van der Waals surface area contributed by atoms with Crippen LogP contribution in [0.2, 0.25) is 0 Å². The number of hydrogen-bond donors (Lipinski definition) is 1. The van der Waals surface area contributed by atoms with Crippen molar-refractivity contribution >= 4 is 23.1 Å². The fraction of sp³-hybridized carbons (Fsp3) is 0.182. The van der Waals surface area contributed by atoms with Crippen LogP contribution in [0.25, 0.3) is 16.9 Å². The number of rotatable bonds is 4. The van der Waals surface area contributed by atoms with Gasteiger partial charge in [0.2, 0.25) is 0 Å². The molecular weight excluding hydrogens is 364 g/mol. The van der Waals surface area contributed by atoms with Crippen LogP contribution in [-0.4, -0.2) is 43.5 Å². The Labute approximate surface area is 168 Å². The van der Waals surface area contributed by atoms with E-state index >= 15 is 0 Å².